The van der Waals surface area contributed by atoms with E-state index >= 15 is 0 Å². The summed E-state index contributed by atoms with van der Waals surface area (Å²) in [5.41, 5.74) is 0. The fourth-order valence-electron chi connectivity index (χ4n) is 3.11. The smallest absolute Gasteiger partial charge is 0.0872 e. The maximum atomic E-state index is 6.25. The maximum Gasteiger partial charge on any atom is 0.0872 e. The molecule has 1 fully saturated rings. The van der Waals surface area contributed by atoms with Crippen molar-refractivity contribution in [3.63, 3.8) is 0 Å². The first-order chi connectivity index (χ1) is 8.88. The molecule has 1 rings (SSSR count). The van der Waals surface area contributed by atoms with Gasteiger partial charge in [0.15, 0.2) is 0 Å². The predicted molar refractivity (Wildman–Crippen MR) is 77.0 cm³/mol. The van der Waals surface area contributed by atoms with Crippen molar-refractivity contribution in [3.05, 3.63) is 6.57 Å². The van der Waals surface area contributed by atoms with E-state index in [1.54, 1.807) is 0 Å². The van der Waals surface area contributed by atoms with Crippen LogP contribution in [0.15, 0.2) is 0 Å². The minimum Gasteiger partial charge on any atom is -0.512 e. The first-order valence-electron chi connectivity index (χ1n) is 7.95. The van der Waals surface area contributed by atoms with Crippen LogP contribution in [0.2, 0.25) is 0 Å². The first kappa shape index (κ1) is 17.4. The highest BCUT2D eigenvalue weighted by Crippen LogP contribution is 2.07. The highest BCUT2D eigenvalue weighted by Gasteiger charge is 2.23. The Hall–Kier alpha value is -0.550. The average Bonchev–Trinajstić information content (AvgIpc) is 2.45. The van der Waals surface area contributed by atoms with Crippen LogP contribution in [0.5, 0.6) is 0 Å². The number of hydrogen-bond donors (Lipinski definition) is 1. The zero-order valence-corrected chi connectivity index (χ0v) is 12.5. The molecule has 0 saturated carbocycles. The Morgan fingerprint density at radius 1 is 1.00 bits per heavy atom. The number of quaternary nitrogens is 1. The van der Waals surface area contributed by atoms with Gasteiger partial charge in [-0.05, 0) is 38.5 Å². The molecule has 2 unspecified atom stereocenters. The topological polar surface area (TPSA) is 28.2 Å². The van der Waals surface area contributed by atoms with E-state index in [2.05, 4.69) is 13.8 Å². The van der Waals surface area contributed by atoms with Crippen molar-refractivity contribution >= 4 is 0 Å². The van der Waals surface area contributed by atoms with E-state index in [4.69, 9.17) is 11.8 Å². The number of piperidine rings is 1. The van der Waals surface area contributed by atoms with Crippen LogP contribution in [0, 0.1) is 11.8 Å². The van der Waals surface area contributed by atoms with Gasteiger partial charge in [-0.3, -0.25) is 0 Å². The number of rotatable bonds is 8. The number of unbranched alkanes of at least 4 members (excludes halogenated alkanes) is 5. The molecule has 0 bridgehead atoms. The van der Waals surface area contributed by atoms with E-state index in [1.807, 2.05) is 4.90 Å². The van der Waals surface area contributed by atoms with Crippen LogP contribution in [0.25, 0.3) is 0 Å². The molecule has 2 heteroatoms. The van der Waals surface area contributed by atoms with Gasteiger partial charge in [-0.2, -0.15) is 0 Å². The molecule has 0 amide bonds. The van der Waals surface area contributed by atoms with E-state index in [1.165, 1.54) is 77.3 Å². The van der Waals surface area contributed by atoms with Crippen molar-refractivity contribution in [2.24, 2.45) is 0 Å². The monoisotopic (exact) mass is 252 g/mol. The van der Waals surface area contributed by atoms with E-state index in [9.17, 15) is 0 Å². The Bertz CT molecular complexity index is 189. The summed E-state index contributed by atoms with van der Waals surface area (Å²) in [7, 11) is 0. The molecule has 2 atom stereocenters. The number of nitrogens with one attached hydrogen (secondary N) is 1. The molecule has 1 heterocycles. The molecule has 1 aliphatic rings. The highest BCUT2D eigenvalue weighted by atomic mass is 15.2. The van der Waals surface area contributed by atoms with Crippen molar-refractivity contribution < 1.29 is 4.90 Å². The summed E-state index contributed by atoms with van der Waals surface area (Å²) in [6.07, 6.45) is 14.5. The van der Waals surface area contributed by atoms with Crippen molar-refractivity contribution in [3.8, 4) is 0 Å². The molecule has 0 aromatic carbocycles. The van der Waals surface area contributed by atoms with Gasteiger partial charge in [0.2, 0.25) is 0 Å². The summed E-state index contributed by atoms with van der Waals surface area (Å²) < 4.78 is 0. The summed E-state index contributed by atoms with van der Waals surface area (Å²) in [4.78, 5) is 1.92. The summed E-state index contributed by atoms with van der Waals surface area (Å²) in [6.45, 7) is 12.3. The zero-order chi connectivity index (χ0) is 13.6. The molecule has 1 N–H and O–H groups in total. The Morgan fingerprint density at radius 2 is 1.67 bits per heavy atom. The molecule has 0 radical (unpaired) electrons. The van der Waals surface area contributed by atoms with Crippen LogP contribution in [-0.2, 0) is 0 Å². The standard InChI is InChI=1S/C15H31N.CN/c1-3-5-6-7-8-10-13-16-14-11-9-12-15(16)4-2;1-2/h15H,3-14H2,1-2H3;/q;-1/p+1. The second kappa shape index (κ2) is 12.9. The molecule has 106 valence electrons. The second-order valence-electron chi connectivity index (χ2n) is 5.53. The molecular formula is C16H32N2. The largest absolute Gasteiger partial charge is 0.512 e. The van der Waals surface area contributed by atoms with Crippen LogP contribution >= 0.6 is 0 Å². The number of likely N-dealkylation sites (tertiary alicyclic amines) is 1. The number of nitrogens with zero attached hydrogens (tertiary/aromatic N) is 1. The SMILES string of the molecule is CCCCCCCC[NH+]1CCCCC1CC.[C-]#N. The summed E-state index contributed by atoms with van der Waals surface area (Å²) in [5.74, 6) is 0. The van der Waals surface area contributed by atoms with E-state index in [0.717, 1.165) is 6.04 Å². The Labute approximate surface area is 114 Å². The minimum absolute atomic E-state index is 0.990. The minimum atomic E-state index is 0.990. The quantitative estimate of drug-likeness (QED) is 0.521. The molecular weight excluding hydrogens is 220 g/mol. The van der Waals surface area contributed by atoms with Crippen molar-refractivity contribution in [2.45, 2.75) is 84.1 Å². The summed E-state index contributed by atoms with van der Waals surface area (Å²) in [5, 5.41) is 6.25. The van der Waals surface area contributed by atoms with Crippen LogP contribution < -0.4 is 4.90 Å². The first-order valence-corrected chi connectivity index (χ1v) is 7.95. The molecule has 0 aliphatic carbocycles. The lowest BCUT2D eigenvalue weighted by Crippen LogP contribution is -3.16. The molecule has 18 heavy (non-hydrogen) atoms. The maximum absolute atomic E-state index is 6.25. The lowest BCUT2D eigenvalue weighted by atomic mass is 9.99. The summed E-state index contributed by atoms with van der Waals surface area (Å²) >= 11 is 0. The van der Waals surface area contributed by atoms with Crippen LogP contribution in [0.1, 0.15) is 78.1 Å². The zero-order valence-electron chi connectivity index (χ0n) is 12.5. The fraction of sp³-hybridized carbons (Fsp3) is 0.938. The van der Waals surface area contributed by atoms with Crippen molar-refractivity contribution in [2.75, 3.05) is 13.1 Å². The molecule has 0 spiro atoms. The lowest BCUT2D eigenvalue weighted by molar-refractivity contribution is -0.931. The number of hydrogen-bond acceptors (Lipinski definition) is 1. The van der Waals surface area contributed by atoms with Gasteiger partial charge in [0.05, 0.1) is 19.1 Å². The fourth-order valence-corrected chi connectivity index (χ4v) is 3.11. The van der Waals surface area contributed by atoms with Gasteiger partial charge >= 0.3 is 0 Å². The predicted octanol–water partition coefficient (Wildman–Crippen LogP) is 3.29. The molecule has 1 saturated heterocycles. The third-order valence-electron chi connectivity index (χ3n) is 4.22. The van der Waals surface area contributed by atoms with Gasteiger partial charge < -0.3 is 16.7 Å². The highest BCUT2D eigenvalue weighted by molar-refractivity contribution is 4.59. The molecule has 0 aromatic rings. The van der Waals surface area contributed by atoms with Crippen LogP contribution in [0.3, 0.4) is 0 Å². The van der Waals surface area contributed by atoms with E-state index in [0.29, 0.717) is 0 Å². The third-order valence-corrected chi connectivity index (χ3v) is 4.22. The van der Waals surface area contributed by atoms with Crippen molar-refractivity contribution in [1.29, 1.82) is 5.26 Å². The Morgan fingerprint density at radius 3 is 2.33 bits per heavy atom. The Balaban J connectivity index is 0.00000137. The van der Waals surface area contributed by atoms with Crippen LogP contribution in [-0.4, -0.2) is 19.1 Å². The second-order valence-corrected chi connectivity index (χ2v) is 5.53. The van der Waals surface area contributed by atoms with Gasteiger partial charge in [-0.1, -0.05) is 39.5 Å². The normalized spacial score (nSPS) is 23.1. The molecule has 0 aromatic heterocycles. The van der Waals surface area contributed by atoms with Gasteiger partial charge in [0.25, 0.3) is 0 Å². The van der Waals surface area contributed by atoms with Gasteiger partial charge in [0.1, 0.15) is 0 Å². The average molecular weight is 252 g/mol. The van der Waals surface area contributed by atoms with Gasteiger partial charge in [0, 0.05) is 0 Å². The molecule has 1 aliphatic heterocycles. The van der Waals surface area contributed by atoms with Gasteiger partial charge in [-0.15, -0.1) is 0 Å². The van der Waals surface area contributed by atoms with E-state index in [-0.39, 0.29) is 0 Å². The lowest BCUT2D eigenvalue weighted by Gasteiger charge is -2.32. The van der Waals surface area contributed by atoms with Crippen molar-refractivity contribution in [1.82, 2.24) is 0 Å². The van der Waals surface area contributed by atoms with Gasteiger partial charge in [-0.25, -0.2) is 0 Å². The van der Waals surface area contributed by atoms with Crippen LogP contribution in [0.4, 0.5) is 0 Å². The third kappa shape index (κ3) is 7.71. The van der Waals surface area contributed by atoms with E-state index < -0.39 is 0 Å². The summed E-state index contributed by atoms with van der Waals surface area (Å²) in [6, 6.07) is 0.990. The Kier molecular flexibility index (Phi) is 12.5. The molecule has 2 nitrogen and oxygen atoms in total.